The molecule has 1 saturated heterocycles. The van der Waals surface area contributed by atoms with Crippen LogP contribution in [0, 0.1) is 0 Å². The Bertz CT molecular complexity index is 528. The Morgan fingerprint density at radius 1 is 1.38 bits per heavy atom. The first-order chi connectivity index (χ1) is 11.6. The Morgan fingerprint density at radius 3 is 2.75 bits per heavy atom. The van der Waals surface area contributed by atoms with Crippen LogP contribution in [0.2, 0.25) is 5.02 Å². The van der Waals surface area contributed by atoms with Gasteiger partial charge in [0.25, 0.3) is 0 Å². The quantitative estimate of drug-likeness (QED) is 0.469. The number of likely N-dealkylation sites (tertiary alicyclic amines) is 1. The Kier molecular flexibility index (Phi) is 7.66. The molecule has 0 saturated carbocycles. The zero-order valence-electron chi connectivity index (χ0n) is 14.9. The molecule has 2 N–H and O–H groups in total. The van der Waals surface area contributed by atoms with Gasteiger partial charge < -0.3 is 20.3 Å². The molecule has 0 amide bonds. The molecule has 0 aromatic heterocycles. The van der Waals surface area contributed by atoms with E-state index in [2.05, 4.69) is 34.4 Å². The summed E-state index contributed by atoms with van der Waals surface area (Å²) in [6, 6.07) is 8.56. The molecule has 1 heterocycles. The van der Waals surface area contributed by atoms with Gasteiger partial charge in [-0.05, 0) is 44.9 Å². The molecule has 0 unspecified atom stereocenters. The minimum Gasteiger partial charge on any atom is -0.492 e. The Morgan fingerprint density at radius 2 is 2.12 bits per heavy atom. The van der Waals surface area contributed by atoms with Gasteiger partial charge in [0.2, 0.25) is 0 Å². The van der Waals surface area contributed by atoms with E-state index in [-0.39, 0.29) is 0 Å². The molecule has 1 aromatic rings. The van der Waals surface area contributed by atoms with E-state index in [1.165, 1.54) is 0 Å². The van der Waals surface area contributed by atoms with Crippen LogP contribution < -0.4 is 15.4 Å². The number of ether oxygens (including phenoxy) is 1. The first-order valence-corrected chi connectivity index (χ1v) is 9.06. The summed E-state index contributed by atoms with van der Waals surface area (Å²) >= 11 is 5.94. The second-order valence-electron chi connectivity index (χ2n) is 6.35. The van der Waals surface area contributed by atoms with Crippen molar-refractivity contribution in [3.8, 4) is 5.75 Å². The molecule has 134 valence electrons. The van der Waals surface area contributed by atoms with Crippen LogP contribution in [0.25, 0.3) is 0 Å². The van der Waals surface area contributed by atoms with Gasteiger partial charge in [-0.2, -0.15) is 0 Å². The van der Waals surface area contributed by atoms with Gasteiger partial charge in [-0.1, -0.05) is 17.7 Å². The summed E-state index contributed by atoms with van der Waals surface area (Å²) < 4.78 is 5.68. The number of nitrogens with one attached hydrogen (secondary N) is 2. The smallest absolute Gasteiger partial charge is 0.191 e. The fourth-order valence-corrected chi connectivity index (χ4v) is 3.02. The van der Waals surface area contributed by atoms with Crippen LogP contribution in [0.5, 0.6) is 5.75 Å². The highest BCUT2D eigenvalue weighted by Crippen LogP contribution is 2.16. The van der Waals surface area contributed by atoms with Gasteiger partial charge in [-0.25, -0.2) is 0 Å². The summed E-state index contributed by atoms with van der Waals surface area (Å²) in [4.78, 5) is 6.82. The lowest BCUT2D eigenvalue weighted by Crippen LogP contribution is -2.50. The average Bonchev–Trinajstić information content (AvgIpc) is 2.58. The van der Waals surface area contributed by atoms with Crippen molar-refractivity contribution in [1.29, 1.82) is 0 Å². The predicted octanol–water partition coefficient (Wildman–Crippen LogP) is 2.76. The van der Waals surface area contributed by atoms with Crippen molar-refractivity contribution in [2.24, 2.45) is 4.99 Å². The van der Waals surface area contributed by atoms with Crippen molar-refractivity contribution in [3.63, 3.8) is 0 Å². The number of piperidine rings is 1. The van der Waals surface area contributed by atoms with Crippen LogP contribution in [0.4, 0.5) is 0 Å². The van der Waals surface area contributed by atoms with Crippen LogP contribution in [-0.4, -0.2) is 56.2 Å². The minimum atomic E-state index is 0.486. The van der Waals surface area contributed by atoms with Gasteiger partial charge in [-0.3, -0.25) is 4.99 Å². The highest BCUT2D eigenvalue weighted by atomic mass is 35.5. The zero-order valence-corrected chi connectivity index (χ0v) is 15.6. The number of hydrogen-bond acceptors (Lipinski definition) is 3. The minimum absolute atomic E-state index is 0.486. The highest BCUT2D eigenvalue weighted by molar-refractivity contribution is 6.30. The van der Waals surface area contributed by atoms with Crippen molar-refractivity contribution in [2.75, 3.05) is 33.3 Å². The molecule has 5 nitrogen and oxygen atoms in total. The van der Waals surface area contributed by atoms with Gasteiger partial charge in [0, 0.05) is 37.2 Å². The van der Waals surface area contributed by atoms with E-state index in [1.54, 1.807) is 7.05 Å². The monoisotopic (exact) mass is 352 g/mol. The number of guanidine groups is 1. The van der Waals surface area contributed by atoms with Crippen molar-refractivity contribution >= 4 is 17.6 Å². The van der Waals surface area contributed by atoms with Gasteiger partial charge in [0.1, 0.15) is 12.4 Å². The third-order valence-corrected chi connectivity index (χ3v) is 4.52. The van der Waals surface area contributed by atoms with Crippen molar-refractivity contribution < 1.29 is 4.74 Å². The second-order valence-corrected chi connectivity index (χ2v) is 6.79. The van der Waals surface area contributed by atoms with Crippen LogP contribution in [0.1, 0.15) is 26.7 Å². The maximum Gasteiger partial charge on any atom is 0.191 e. The molecule has 1 aromatic carbocycles. The molecule has 0 radical (unpaired) electrons. The first-order valence-electron chi connectivity index (χ1n) is 8.68. The molecule has 6 heteroatoms. The molecular weight excluding hydrogens is 324 g/mol. The van der Waals surface area contributed by atoms with E-state index < -0.39 is 0 Å². The number of halogens is 1. The standard InChI is InChI=1S/C18H29ClN4O/c1-14(2)23-10-7-16(8-11-23)22-18(20-3)21-9-12-24-17-6-4-5-15(19)13-17/h4-6,13-14,16H,7-12H2,1-3H3,(H2,20,21,22). The lowest BCUT2D eigenvalue weighted by molar-refractivity contribution is 0.167. The number of rotatable bonds is 6. The average molecular weight is 353 g/mol. The normalized spacial score (nSPS) is 17.1. The zero-order chi connectivity index (χ0) is 17.4. The summed E-state index contributed by atoms with van der Waals surface area (Å²) in [6.45, 7) is 8.06. The molecule has 1 fully saturated rings. The third-order valence-electron chi connectivity index (χ3n) is 4.28. The molecule has 1 aliphatic rings. The largest absolute Gasteiger partial charge is 0.492 e. The van der Waals surface area contributed by atoms with Gasteiger partial charge in [0.15, 0.2) is 5.96 Å². The number of hydrogen-bond donors (Lipinski definition) is 2. The van der Waals surface area contributed by atoms with Gasteiger partial charge >= 0.3 is 0 Å². The van der Waals surface area contributed by atoms with Crippen LogP contribution in [0.3, 0.4) is 0 Å². The fraction of sp³-hybridized carbons (Fsp3) is 0.611. The van der Waals surface area contributed by atoms with Crippen molar-refractivity contribution in [2.45, 2.75) is 38.8 Å². The molecule has 0 aliphatic carbocycles. The van der Waals surface area contributed by atoms with Crippen LogP contribution in [0.15, 0.2) is 29.3 Å². The summed E-state index contributed by atoms with van der Waals surface area (Å²) in [5, 5.41) is 7.50. The molecule has 1 aliphatic heterocycles. The molecular formula is C18H29ClN4O. The van der Waals surface area contributed by atoms with E-state index in [1.807, 2.05) is 24.3 Å². The van der Waals surface area contributed by atoms with Crippen LogP contribution >= 0.6 is 11.6 Å². The predicted molar refractivity (Wildman–Crippen MR) is 101 cm³/mol. The Balaban J connectivity index is 1.66. The summed E-state index contributed by atoms with van der Waals surface area (Å²) in [5.74, 6) is 1.63. The SMILES string of the molecule is CN=C(NCCOc1cccc(Cl)c1)NC1CCN(C(C)C)CC1. The molecule has 0 spiro atoms. The summed E-state index contributed by atoms with van der Waals surface area (Å²) in [7, 11) is 1.80. The maximum absolute atomic E-state index is 5.94. The maximum atomic E-state index is 5.94. The summed E-state index contributed by atoms with van der Waals surface area (Å²) in [6.07, 6.45) is 2.30. The Labute approximate surface area is 150 Å². The van der Waals surface area contributed by atoms with Crippen LogP contribution in [-0.2, 0) is 0 Å². The molecule has 0 atom stereocenters. The van der Waals surface area contributed by atoms with E-state index >= 15 is 0 Å². The van der Waals surface area contributed by atoms with Gasteiger partial charge in [0.05, 0.1) is 6.54 Å². The fourth-order valence-electron chi connectivity index (χ4n) is 2.84. The highest BCUT2D eigenvalue weighted by Gasteiger charge is 2.21. The van der Waals surface area contributed by atoms with Crippen molar-refractivity contribution in [1.82, 2.24) is 15.5 Å². The topological polar surface area (TPSA) is 48.9 Å². The molecule has 24 heavy (non-hydrogen) atoms. The lowest BCUT2D eigenvalue weighted by atomic mass is 10.0. The van der Waals surface area contributed by atoms with E-state index in [9.17, 15) is 0 Å². The number of aliphatic imine (C=N–C) groups is 1. The van der Waals surface area contributed by atoms with E-state index in [4.69, 9.17) is 16.3 Å². The van der Waals surface area contributed by atoms with Gasteiger partial charge in [-0.15, -0.1) is 0 Å². The summed E-state index contributed by atoms with van der Waals surface area (Å²) in [5.41, 5.74) is 0. The Hall–Kier alpha value is -1.46. The number of benzene rings is 1. The molecule has 2 rings (SSSR count). The van der Waals surface area contributed by atoms with Crippen molar-refractivity contribution in [3.05, 3.63) is 29.3 Å². The first kappa shape index (κ1) is 18.9. The number of nitrogens with zero attached hydrogens (tertiary/aromatic N) is 2. The molecule has 0 bridgehead atoms. The lowest BCUT2D eigenvalue weighted by Gasteiger charge is -2.35. The van der Waals surface area contributed by atoms with E-state index in [0.29, 0.717) is 30.3 Å². The second kappa shape index (κ2) is 9.74. The van der Waals surface area contributed by atoms with E-state index in [0.717, 1.165) is 37.6 Å². The third kappa shape index (κ3) is 6.21.